The number of carbonyl (C=O) groups excluding carboxylic acids is 3. The molecule has 9 heteroatoms. The second-order valence-electron chi connectivity index (χ2n) is 6.37. The van der Waals surface area contributed by atoms with Gasteiger partial charge in [0.05, 0.1) is 5.71 Å². The van der Waals surface area contributed by atoms with Crippen LogP contribution in [0.1, 0.15) is 27.7 Å². The fraction of sp³-hybridized carbons (Fsp3) is 0.600. The zero-order valence-electron chi connectivity index (χ0n) is 14.6. The summed E-state index contributed by atoms with van der Waals surface area (Å²) >= 11 is 0. The third-order valence-electron chi connectivity index (χ3n) is 4.90. The molecule has 128 valence electrons. The Morgan fingerprint density at radius 2 is 1.88 bits per heavy atom. The first kappa shape index (κ1) is 16.3. The summed E-state index contributed by atoms with van der Waals surface area (Å²) in [5, 5.41) is 6.02. The number of hydrogen-bond acceptors (Lipinski definition) is 6. The number of amidine groups is 1. The van der Waals surface area contributed by atoms with Crippen LogP contribution in [0.4, 0.5) is 4.79 Å². The predicted octanol–water partition coefficient (Wildman–Crippen LogP) is -0.283. The highest BCUT2D eigenvalue weighted by molar-refractivity contribution is 6.23. The molecule has 3 atom stereocenters. The number of ketones is 1. The van der Waals surface area contributed by atoms with E-state index in [-0.39, 0.29) is 17.7 Å². The van der Waals surface area contributed by atoms with Gasteiger partial charge >= 0.3 is 12.0 Å². The van der Waals surface area contributed by atoms with Crippen LogP contribution in [0.15, 0.2) is 10.1 Å². The second kappa shape index (κ2) is 5.22. The highest BCUT2D eigenvalue weighted by Crippen LogP contribution is 2.25. The van der Waals surface area contributed by atoms with Gasteiger partial charge in [-0.25, -0.2) is 9.37 Å². The van der Waals surface area contributed by atoms with Gasteiger partial charge in [0, 0.05) is 14.1 Å². The van der Waals surface area contributed by atoms with Gasteiger partial charge in [0.25, 0.3) is 5.91 Å². The number of likely N-dealkylation sites (N-methyl/N-ethyl adjacent to an activating group) is 2. The molecule has 24 heavy (non-hydrogen) atoms. The van der Waals surface area contributed by atoms with Crippen LogP contribution in [0.5, 0.6) is 0 Å². The summed E-state index contributed by atoms with van der Waals surface area (Å²) in [6.07, 6.45) is 0. The van der Waals surface area contributed by atoms with Gasteiger partial charge in [-0.05, 0) is 27.7 Å². The summed E-state index contributed by atoms with van der Waals surface area (Å²) in [5.74, 6) is 0.412. The number of hydrazone groups is 1. The minimum Gasteiger partial charge on any atom is -0.296 e. The summed E-state index contributed by atoms with van der Waals surface area (Å²) in [6, 6.07) is -1.79. The van der Waals surface area contributed by atoms with Crippen molar-refractivity contribution in [1.29, 1.82) is 0 Å². The first-order valence-corrected chi connectivity index (χ1v) is 7.80. The molecule has 3 rings (SSSR count). The number of Topliss-reactive ketones (excluding diaryl/α,β-unsaturated/α-hetero) is 1. The minimum atomic E-state index is -0.685. The van der Waals surface area contributed by atoms with Gasteiger partial charge in [0.1, 0.15) is 6.04 Å². The van der Waals surface area contributed by atoms with Crippen molar-refractivity contribution in [3.05, 3.63) is 0 Å². The van der Waals surface area contributed by atoms with E-state index in [1.54, 1.807) is 14.0 Å². The number of urea groups is 1. The number of fused-ring (bicyclic) bond motifs is 2. The lowest BCUT2D eigenvalue weighted by molar-refractivity contribution is -0.559. The molecule has 1 saturated heterocycles. The van der Waals surface area contributed by atoms with Crippen molar-refractivity contribution in [2.75, 3.05) is 14.1 Å². The smallest absolute Gasteiger partial charge is 0.296 e. The molecule has 0 N–H and O–H groups in total. The van der Waals surface area contributed by atoms with Crippen LogP contribution < -0.4 is 0 Å². The molecule has 3 amide bonds. The van der Waals surface area contributed by atoms with Gasteiger partial charge in [0.15, 0.2) is 11.8 Å². The zero-order chi connectivity index (χ0) is 17.9. The summed E-state index contributed by atoms with van der Waals surface area (Å²) in [7, 11) is 3.05. The molecule has 3 unspecified atom stereocenters. The molecular formula is C15H21N6O3+. The molecule has 0 aromatic carbocycles. The molecule has 0 saturated carbocycles. The van der Waals surface area contributed by atoms with E-state index in [0.29, 0.717) is 11.8 Å². The summed E-state index contributed by atoms with van der Waals surface area (Å²) in [6.45, 7) is 7.01. The van der Waals surface area contributed by atoms with Gasteiger partial charge in [-0.2, -0.15) is 0 Å². The first-order valence-electron chi connectivity index (χ1n) is 7.80. The molecule has 3 heterocycles. The Balaban J connectivity index is 2.14. The SMILES string of the molecule is CC(=O)C(C)N1N=C(C)C(C)[N+]2=C1N=C1C2C(=O)N(C)C(=O)N1C. The number of amides is 3. The van der Waals surface area contributed by atoms with Crippen molar-refractivity contribution in [3.63, 3.8) is 0 Å². The van der Waals surface area contributed by atoms with Crippen molar-refractivity contribution in [2.45, 2.75) is 45.8 Å². The fourth-order valence-electron chi connectivity index (χ4n) is 3.05. The average molecular weight is 333 g/mol. The third-order valence-corrected chi connectivity index (χ3v) is 4.90. The molecule has 3 aliphatic heterocycles. The molecule has 0 radical (unpaired) electrons. The number of rotatable bonds is 2. The summed E-state index contributed by atoms with van der Waals surface area (Å²) in [5.41, 5.74) is 0.776. The first-order chi connectivity index (χ1) is 11.2. The number of aliphatic imine (C=N–C) groups is 1. The van der Waals surface area contributed by atoms with Crippen LogP contribution in [0.25, 0.3) is 0 Å². The lowest BCUT2D eigenvalue weighted by Crippen LogP contribution is -2.63. The van der Waals surface area contributed by atoms with Crippen LogP contribution in [0.3, 0.4) is 0 Å². The highest BCUT2D eigenvalue weighted by atomic mass is 16.2. The minimum absolute atomic E-state index is 0.0588. The maximum Gasteiger partial charge on any atom is 0.417 e. The van der Waals surface area contributed by atoms with Crippen LogP contribution in [0.2, 0.25) is 0 Å². The average Bonchev–Trinajstić information content (AvgIpc) is 2.94. The molecule has 1 fully saturated rings. The predicted molar refractivity (Wildman–Crippen MR) is 87.0 cm³/mol. The lowest BCUT2D eigenvalue weighted by atomic mass is 10.1. The number of nitrogens with zero attached hydrogens (tertiary/aromatic N) is 6. The van der Waals surface area contributed by atoms with Crippen molar-refractivity contribution in [3.8, 4) is 0 Å². The van der Waals surface area contributed by atoms with Crippen molar-refractivity contribution in [1.82, 2.24) is 14.8 Å². The van der Waals surface area contributed by atoms with Crippen molar-refractivity contribution in [2.24, 2.45) is 10.1 Å². The quantitative estimate of drug-likeness (QED) is 0.650. The molecule has 3 aliphatic rings. The van der Waals surface area contributed by atoms with E-state index in [4.69, 9.17) is 0 Å². The van der Waals surface area contributed by atoms with Gasteiger partial charge in [0.2, 0.25) is 11.9 Å². The number of hydrogen-bond donors (Lipinski definition) is 0. The lowest BCUT2D eigenvalue weighted by Gasteiger charge is -2.34. The van der Waals surface area contributed by atoms with Gasteiger partial charge in [-0.15, -0.1) is 10.1 Å². The van der Waals surface area contributed by atoms with E-state index >= 15 is 0 Å². The molecule has 0 spiro atoms. The maximum atomic E-state index is 12.7. The summed E-state index contributed by atoms with van der Waals surface area (Å²) in [4.78, 5) is 43.7. The molecular weight excluding hydrogens is 312 g/mol. The topological polar surface area (TPSA) is 88.7 Å². The zero-order valence-corrected chi connectivity index (χ0v) is 14.6. The number of imide groups is 1. The summed E-state index contributed by atoms with van der Waals surface area (Å²) < 4.78 is 1.83. The van der Waals surface area contributed by atoms with E-state index in [1.807, 2.05) is 18.4 Å². The largest absolute Gasteiger partial charge is 0.417 e. The van der Waals surface area contributed by atoms with E-state index in [1.165, 1.54) is 23.9 Å². The van der Waals surface area contributed by atoms with Crippen LogP contribution in [-0.2, 0) is 9.59 Å². The molecule has 0 aliphatic carbocycles. The normalized spacial score (nSPS) is 27.8. The molecule has 0 aromatic heterocycles. The van der Waals surface area contributed by atoms with Gasteiger partial charge < -0.3 is 0 Å². The van der Waals surface area contributed by atoms with Crippen LogP contribution >= 0.6 is 0 Å². The Morgan fingerprint density at radius 3 is 2.46 bits per heavy atom. The third kappa shape index (κ3) is 2.00. The van der Waals surface area contributed by atoms with Crippen LogP contribution in [-0.4, -0.2) is 86.8 Å². The molecule has 0 bridgehead atoms. The number of guanidine groups is 1. The Kier molecular flexibility index (Phi) is 3.54. The number of carbonyl (C=O) groups is 3. The monoisotopic (exact) mass is 333 g/mol. The second-order valence-corrected chi connectivity index (χ2v) is 6.37. The highest BCUT2D eigenvalue weighted by Gasteiger charge is 2.56. The molecule has 0 aromatic rings. The Morgan fingerprint density at radius 1 is 1.25 bits per heavy atom. The Labute approximate surface area is 139 Å². The standard InChI is InChI=1S/C15H21N6O3/c1-7-8(2)20-11-12(18(5)15(24)19(6)13(11)23)16-14(20)21(17-7)9(3)10(4)22/h8-9,11H,1-6H3/q+1. The van der Waals surface area contributed by atoms with Crippen molar-refractivity contribution >= 4 is 35.2 Å². The van der Waals surface area contributed by atoms with Gasteiger partial charge in [-0.1, -0.05) is 4.99 Å². The van der Waals surface area contributed by atoms with E-state index in [9.17, 15) is 14.4 Å². The van der Waals surface area contributed by atoms with Crippen molar-refractivity contribution < 1.29 is 19.0 Å². The maximum absolute atomic E-state index is 12.7. The Hall–Kier alpha value is -2.58. The van der Waals surface area contributed by atoms with E-state index in [2.05, 4.69) is 10.1 Å². The molecule has 9 nitrogen and oxygen atoms in total. The van der Waals surface area contributed by atoms with E-state index < -0.39 is 18.1 Å². The van der Waals surface area contributed by atoms with Gasteiger partial charge in [-0.3, -0.25) is 19.4 Å². The van der Waals surface area contributed by atoms with E-state index in [0.717, 1.165) is 10.6 Å². The Bertz CT molecular complexity index is 752. The van der Waals surface area contributed by atoms with Crippen LogP contribution in [0, 0.1) is 0 Å². The fourth-order valence-corrected chi connectivity index (χ4v) is 3.05.